The second-order valence-corrected chi connectivity index (χ2v) is 3.15. The van der Waals surface area contributed by atoms with Gasteiger partial charge < -0.3 is 14.9 Å². The first-order chi connectivity index (χ1) is 12.4. The van der Waals surface area contributed by atoms with Gasteiger partial charge in [-0.1, -0.05) is 0 Å². The van der Waals surface area contributed by atoms with Crippen LogP contribution in [0.5, 0.6) is 0 Å². The third kappa shape index (κ3) is 348. The molecule has 0 rings (SSSR count). The molecule has 0 saturated heterocycles. The van der Waals surface area contributed by atoms with E-state index in [0.29, 0.717) is 0 Å². The van der Waals surface area contributed by atoms with Crippen LogP contribution in [0.3, 0.4) is 0 Å². The van der Waals surface area contributed by atoms with Gasteiger partial charge in [0, 0.05) is 13.2 Å². The Morgan fingerprint density at radius 1 is 0.654 bits per heavy atom. The van der Waals surface area contributed by atoms with E-state index in [1.165, 1.54) is 6.92 Å². The number of aliphatic hydroxyl groups excluding tert-OH is 2. The molecule has 0 aliphatic carbocycles. The van der Waals surface area contributed by atoms with E-state index in [2.05, 4.69) is 70.0 Å². The van der Waals surface area contributed by atoms with E-state index in [1.807, 2.05) is 13.8 Å². The smallest absolute Gasteiger partial charge is 0.394 e. The average Bonchev–Trinajstić information content (AvgIpc) is 2.70. The van der Waals surface area contributed by atoms with Crippen molar-refractivity contribution in [3.05, 3.63) is 65.8 Å². The monoisotopic (exact) mass is 402 g/mol. The van der Waals surface area contributed by atoms with Crippen molar-refractivity contribution in [1.82, 2.24) is 0 Å². The summed E-state index contributed by atoms with van der Waals surface area (Å²) in [6.45, 7) is 36.9. The summed E-state index contributed by atoms with van der Waals surface area (Å²) in [5.41, 5.74) is 0. The largest absolute Gasteiger partial charge is 0.397 e. The van der Waals surface area contributed by atoms with Gasteiger partial charge in [-0.3, -0.25) is 4.55 Å². The van der Waals surface area contributed by atoms with Crippen LogP contribution in [0.2, 0.25) is 0 Å². The van der Waals surface area contributed by atoms with Crippen LogP contribution in [0.25, 0.3) is 0 Å². The Morgan fingerprint density at radius 3 is 0.885 bits per heavy atom. The normalized spacial score (nSPS) is 6.69. The van der Waals surface area contributed by atoms with Gasteiger partial charge in [0.2, 0.25) is 0 Å². The van der Waals surface area contributed by atoms with Crippen LogP contribution in [-0.4, -0.2) is 56.2 Å². The minimum Gasteiger partial charge on any atom is -0.394 e. The van der Waals surface area contributed by atoms with E-state index in [9.17, 15) is 8.42 Å². The van der Waals surface area contributed by atoms with E-state index in [0.717, 1.165) is 13.2 Å². The standard InChI is InChI=1S/C4H10O.C2H6O4S.C2H6O2.5C2H4/c1-3-5-4-2;1-2-6-7(3,4)5;3-1-2-4;5*1-2/h3-4H2,1-2H3;2H2,1H3,(H,3,4,5);3-4H,1-2H2;5*1-2H2. The molecule has 0 saturated carbocycles. The topological polar surface area (TPSA) is 113 Å². The van der Waals surface area contributed by atoms with Gasteiger partial charge in [-0.25, -0.2) is 4.18 Å². The molecule has 0 heterocycles. The highest BCUT2D eigenvalue weighted by molar-refractivity contribution is 7.80. The summed E-state index contributed by atoms with van der Waals surface area (Å²) in [6.07, 6.45) is 0. The predicted octanol–water partition coefficient (Wildman–Crippen LogP) is 3.85. The summed E-state index contributed by atoms with van der Waals surface area (Å²) in [4.78, 5) is 0. The molecular formula is C18H42O7S. The molecule has 0 aromatic rings. The van der Waals surface area contributed by atoms with Crippen LogP contribution in [0.4, 0.5) is 0 Å². The minimum atomic E-state index is -4.17. The third-order valence-corrected chi connectivity index (χ3v) is 1.31. The summed E-state index contributed by atoms with van der Waals surface area (Å²) >= 11 is 0. The van der Waals surface area contributed by atoms with Gasteiger partial charge in [0.1, 0.15) is 0 Å². The summed E-state index contributed by atoms with van der Waals surface area (Å²) in [6, 6.07) is 0. The molecule has 0 aromatic carbocycles. The van der Waals surface area contributed by atoms with Crippen LogP contribution in [0, 0.1) is 0 Å². The van der Waals surface area contributed by atoms with E-state index in [-0.39, 0.29) is 19.8 Å². The van der Waals surface area contributed by atoms with Crippen molar-refractivity contribution in [2.24, 2.45) is 0 Å². The number of ether oxygens (including phenoxy) is 1. The Morgan fingerprint density at radius 2 is 0.885 bits per heavy atom. The van der Waals surface area contributed by atoms with Crippen molar-refractivity contribution < 1.29 is 32.1 Å². The molecule has 0 aliphatic heterocycles. The zero-order valence-electron chi connectivity index (χ0n) is 17.0. The SMILES string of the molecule is C=C.C=C.C=C.C=C.C=C.CCOCC.CCOS(=O)(=O)O.OCCO. The minimum absolute atomic E-state index is 0.0289. The molecule has 7 nitrogen and oxygen atoms in total. The number of hydrogen-bond acceptors (Lipinski definition) is 6. The molecule has 0 bridgehead atoms. The third-order valence-electron chi connectivity index (χ3n) is 0.775. The lowest BCUT2D eigenvalue weighted by atomic mass is 10.8. The Kier molecular flexibility index (Phi) is 172. The highest BCUT2D eigenvalue weighted by atomic mass is 32.3. The molecule has 0 fully saturated rings. The molecular weight excluding hydrogens is 360 g/mol. The quantitative estimate of drug-likeness (QED) is 0.473. The first-order valence-corrected chi connectivity index (χ1v) is 8.67. The number of rotatable bonds is 5. The maximum absolute atomic E-state index is 9.56. The fourth-order valence-corrected chi connectivity index (χ4v) is 0.651. The van der Waals surface area contributed by atoms with Crippen LogP contribution >= 0.6 is 0 Å². The molecule has 0 aromatic heterocycles. The maximum atomic E-state index is 9.56. The van der Waals surface area contributed by atoms with Crippen LogP contribution in [0.1, 0.15) is 20.8 Å². The molecule has 0 aliphatic rings. The first-order valence-electron chi connectivity index (χ1n) is 7.30. The van der Waals surface area contributed by atoms with Gasteiger partial charge in [-0.05, 0) is 20.8 Å². The molecule has 0 spiro atoms. The zero-order chi connectivity index (χ0) is 23.4. The van der Waals surface area contributed by atoms with E-state index in [1.54, 1.807) is 0 Å². The maximum Gasteiger partial charge on any atom is 0.397 e. The van der Waals surface area contributed by atoms with Crippen molar-refractivity contribution in [3.63, 3.8) is 0 Å². The van der Waals surface area contributed by atoms with Crippen LogP contribution < -0.4 is 0 Å². The van der Waals surface area contributed by atoms with Crippen molar-refractivity contribution in [1.29, 1.82) is 0 Å². The van der Waals surface area contributed by atoms with E-state index >= 15 is 0 Å². The zero-order valence-corrected chi connectivity index (χ0v) is 17.8. The lowest BCUT2D eigenvalue weighted by Gasteiger charge is -1.88. The van der Waals surface area contributed by atoms with Crippen molar-refractivity contribution in [2.45, 2.75) is 20.8 Å². The Balaban J connectivity index is -0.0000000255. The lowest BCUT2D eigenvalue weighted by Crippen LogP contribution is -2.01. The lowest BCUT2D eigenvalue weighted by molar-refractivity contribution is 0.162. The summed E-state index contributed by atoms with van der Waals surface area (Å²) < 4.78 is 35.5. The second kappa shape index (κ2) is 90.1. The van der Waals surface area contributed by atoms with Gasteiger partial charge >= 0.3 is 10.4 Å². The molecule has 8 heteroatoms. The van der Waals surface area contributed by atoms with Gasteiger partial charge in [0.15, 0.2) is 0 Å². The average molecular weight is 403 g/mol. The molecule has 26 heavy (non-hydrogen) atoms. The highest BCUT2D eigenvalue weighted by Crippen LogP contribution is 1.81. The fourth-order valence-electron chi connectivity index (χ4n) is 0.353. The molecule has 162 valence electrons. The van der Waals surface area contributed by atoms with Crippen molar-refractivity contribution in [3.8, 4) is 0 Å². The molecule has 0 amide bonds. The molecule has 3 N–H and O–H groups in total. The van der Waals surface area contributed by atoms with Crippen LogP contribution in [0.15, 0.2) is 65.8 Å². The van der Waals surface area contributed by atoms with E-state index < -0.39 is 10.4 Å². The number of aliphatic hydroxyl groups is 2. The van der Waals surface area contributed by atoms with Crippen molar-refractivity contribution >= 4 is 10.4 Å². The predicted molar refractivity (Wildman–Crippen MR) is 116 cm³/mol. The Hall–Kier alpha value is -1.55. The van der Waals surface area contributed by atoms with Gasteiger partial charge in [0.25, 0.3) is 0 Å². The van der Waals surface area contributed by atoms with Crippen LogP contribution in [-0.2, 0) is 19.3 Å². The second-order valence-electron chi connectivity index (χ2n) is 2.06. The Bertz CT molecular complexity index is 243. The van der Waals surface area contributed by atoms with Crippen molar-refractivity contribution in [2.75, 3.05) is 33.0 Å². The summed E-state index contributed by atoms with van der Waals surface area (Å²) in [5, 5.41) is 15.2. The van der Waals surface area contributed by atoms with Gasteiger partial charge in [-0.15, -0.1) is 65.8 Å². The summed E-state index contributed by atoms with van der Waals surface area (Å²) in [7, 11) is -4.17. The van der Waals surface area contributed by atoms with E-state index in [4.69, 9.17) is 19.5 Å². The molecule has 0 radical (unpaired) electrons. The fraction of sp³-hybridized carbons (Fsp3) is 0.444. The molecule has 0 atom stereocenters. The van der Waals surface area contributed by atoms with Gasteiger partial charge in [-0.2, -0.15) is 8.42 Å². The first kappa shape index (κ1) is 49.7. The molecule has 0 unspecified atom stereocenters. The number of hydrogen-bond donors (Lipinski definition) is 3. The summed E-state index contributed by atoms with van der Waals surface area (Å²) in [5.74, 6) is 0. The highest BCUT2D eigenvalue weighted by Gasteiger charge is 1.98. The van der Waals surface area contributed by atoms with Gasteiger partial charge in [0.05, 0.1) is 19.8 Å². The Labute approximate surface area is 162 Å².